The van der Waals surface area contributed by atoms with E-state index in [1.165, 1.54) is 17.8 Å². The molecule has 5 atom stereocenters. The Morgan fingerprint density at radius 3 is 2.31 bits per heavy atom. The molecule has 278 valence electrons. The van der Waals surface area contributed by atoms with E-state index in [0.717, 1.165) is 44.3 Å². The van der Waals surface area contributed by atoms with Crippen molar-refractivity contribution in [2.45, 2.75) is 103 Å². The van der Waals surface area contributed by atoms with Gasteiger partial charge in [0.1, 0.15) is 12.1 Å². The van der Waals surface area contributed by atoms with E-state index in [0.29, 0.717) is 44.1 Å². The van der Waals surface area contributed by atoms with Crippen molar-refractivity contribution in [1.82, 2.24) is 19.8 Å². The van der Waals surface area contributed by atoms with Crippen molar-refractivity contribution in [3.8, 4) is 0 Å². The Bertz CT molecular complexity index is 1270. The van der Waals surface area contributed by atoms with Crippen LogP contribution in [0, 0.1) is 17.8 Å². The first kappa shape index (κ1) is 41.1. The summed E-state index contributed by atoms with van der Waals surface area (Å²) in [7, 11) is -2.30. The third kappa shape index (κ3) is 14.4. The van der Waals surface area contributed by atoms with Crippen LogP contribution < -0.4 is 10.6 Å². The number of morpholine rings is 1. The van der Waals surface area contributed by atoms with Crippen LogP contribution in [0.3, 0.4) is 0 Å². The molecule has 1 aromatic carbocycles. The van der Waals surface area contributed by atoms with Crippen LogP contribution >= 0.6 is 0 Å². The number of ether oxygens (including phenoxy) is 1. The molecule has 0 radical (unpaired) electrons. The lowest BCUT2D eigenvalue weighted by Gasteiger charge is -2.34. The molecule has 1 saturated carbocycles. The van der Waals surface area contributed by atoms with Gasteiger partial charge in [0.15, 0.2) is 0 Å². The lowest BCUT2D eigenvalue weighted by atomic mass is 9.82. The Labute approximate surface area is 294 Å². The van der Waals surface area contributed by atoms with Gasteiger partial charge in [0.25, 0.3) is 0 Å². The van der Waals surface area contributed by atoms with Gasteiger partial charge in [-0.3, -0.25) is 14.5 Å². The van der Waals surface area contributed by atoms with Crippen molar-refractivity contribution >= 4 is 21.8 Å². The van der Waals surface area contributed by atoms with Crippen LogP contribution in [-0.4, -0.2) is 116 Å². The van der Waals surface area contributed by atoms with Gasteiger partial charge < -0.3 is 25.6 Å². The highest BCUT2D eigenvalue weighted by molar-refractivity contribution is 7.89. The summed E-state index contributed by atoms with van der Waals surface area (Å²) >= 11 is 0. The molecule has 11 nitrogen and oxygen atoms in total. The Kier molecular flexibility index (Phi) is 17.2. The minimum absolute atomic E-state index is 0.141. The number of carbonyl (C=O) groups is 2. The normalized spacial score (nSPS) is 19.6. The number of amides is 2. The van der Waals surface area contributed by atoms with Crippen LogP contribution in [0.25, 0.3) is 0 Å². The van der Waals surface area contributed by atoms with Gasteiger partial charge in [0.2, 0.25) is 21.8 Å². The minimum atomic E-state index is -3.84. The zero-order valence-electron chi connectivity index (χ0n) is 30.2. The zero-order chi connectivity index (χ0) is 36.0. The van der Waals surface area contributed by atoms with E-state index in [1.54, 1.807) is 6.92 Å². The number of sulfonamides is 1. The number of carbonyl (C=O) groups excluding carboxylic acids is 2. The molecule has 49 heavy (non-hydrogen) atoms. The number of likely N-dealkylation sites (N-methyl/N-ethyl adjacent to an activating group) is 1. The van der Waals surface area contributed by atoms with Gasteiger partial charge in [0.05, 0.1) is 37.0 Å². The van der Waals surface area contributed by atoms with Crippen LogP contribution in [-0.2, 0) is 30.8 Å². The molecule has 4 N–H and O–H groups in total. The summed E-state index contributed by atoms with van der Waals surface area (Å²) < 4.78 is 33.9. The number of aliphatic hydroxyl groups is 2. The lowest BCUT2D eigenvalue weighted by Crippen LogP contribution is -2.56. The highest BCUT2D eigenvalue weighted by Gasteiger charge is 2.35. The topological polar surface area (TPSA) is 149 Å². The highest BCUT2D eigenvalue weighted by atomic mass is 32.2. The number of aliphatic hydroxyl groups excluding tert-OH is 2. The molecule has 2 fully saturated rings. The number of nitrogens with one attached hydrogen (secondary N) is 2. The number of benzene rings is 1. The quantitative estimate of drug-likeness (QED) is 0.151. The van der Waals surface area contributed by atoms with Gasteiger partial charge in [-0.15, -0.1) is 6.58 Å². The van der Waals surface area contributed by atoms with Crippen molar-refractivity contribution in [2.24, 2.45) is 17.8 Å². The highest BCUT2D eigenvalue weighted by Crippen LogP contribution is 2.29. The summed E-state index contributed by atoms with van der Waals surface area (Å²) in [6, 6.07) is 7.52. The van der Waals surface area contributed by atoms with E-state index in [9.17, 15) is 28.2 Å². The van der Waals surface area contributed by atoms with E-state index >= 15 is 0 Å². The van der Waals surface area contributed by atoms with Crippen molar-refractivity contribution in [1.29, 1.82) is 0 Å². The summed E-state index contributed by atoms with van der Waals surface area (Å²) in [5, 5.41) is 28.0. The lowest BCUT2D eigenvalue weighted by molar-refractivity contribution is -0.132. The van der Waals surface area contributed by atoms with Gasteiger partial charge in [-0.2, -0.15) is 0 Å². The number of rotatable bonds is 20. The Balaban J connectivity index is 1.78. The molecule has 0 aromatic heterocycles. The Morgan fingerprint density at radius 2 is 1.69 bits per heavy atom. The molecule has 2 amide bonds. The van der Waals surface area contributed by atoms with Crippen LogP contribution in [0.1, 0.15) is 77.7 Å². The van der Waals surface area contributed by atoms with Gasteiger partial charge in [-0.05, 0) is 50.0 Å². The molecule has 1 saturated heterocycles. The molecule has 0 bridgehead atoms. The zero-order valence-corrected chi connectivity index (χ0v) is 31.0. The molecular formula is C37H62N4O7S. The molecule has 1 heterocycles. The minimum Gasteiger partial charge on any atom is -0.390 e. The molecule has 1 aliphatic carbocycles. The van der Waals surface area contributed by atoms with Crippen LogP contribution in [0.2, 0.25) is 0 Å². The molecule has 0 spiro atoms. The maximum atomic E-state index is 14.0. The molecular weight excluding hydrogens is 644 g/mol. The third-order valence-electron chi connectivity index (χ3n) is 9.76. The molecule has 1 aromatic rings. The second-order valence-corrected chi connectivity index (χ2v) is 16.8. The van der Waals surface area contributed by atoms with E-state index in [2.05, 4.69) is 22.1 Å². The van der Waals surface area contributed by atoms with E-state index in [1.807, 2.05) is 44.2 Å². The Hall–Kier alpha value is -2.35. The fourth-order valence-electron chi connectivity index (χ4n) is 6.84. The first-order valence-electron chi connectivity index (χ1n) is 18.1. The van der Waals surface area contributed by atoms with Gasteiger partial charge >= 0.3 is 0 Å². The monoisotopic (exact) mass is 706 g/mol. The Morgan fingerprint density at radius 1 is 1.04 bits per heavy atom. The smallest absolute Gasteiger partial charge is 0.243 e. The second-order valence-electron chi connectivity index (χ2n) is 14.7. The van der Waals surface area contributed by atoms with Crippen LogP contribution in [0.5, 0.6) is 0 Å². The molecule has 3 rings (SSSR count). The van der Waals surface area contributed by atoms with Gasteiger partial charge in [-0.25, -0.2) is 12.7 Å². The predicted molar refractivity (Wildman–Crippen MR) is 193 cm³/mol. The van der Waals surface area contributed by atoms with Gasteiger partial charge in [-0.1, -0.05) is 81.9 Å². The van der Waals surface area contributed by atoms with Crippen LogP contribution in [0.4, 0.5) is 0 Å². The fraction of sp³-hybridized carbons (Fsp3) is 0.730. The van der Waals surface area contributed by atoms with E-state index in [-0.39, 0.29) is 25.3 Å². The largest absolute Gasteiger partial charge is 0.390 e. The summed E-state index contributed by atoms with van der Waals surface area (Å²) in [6.45, 7) is 13.3. The number of hydrogen-bond donors (Lipinski definition) is 4. The average molecular weight is 707 g/mol. The molecule has 2 aliphatic rings. The fourth-order valence-corrected chi connectivity index (χ4v) is 8.23. The van der Waals surface area contributed by atoms with Gasteiger partial charge in [0, 0.05) is 33.2 Å². The summed E-state index contributed by atoms with van der Waals surface area (Å²) in [5.74, 6) is -1.94. The maximum Gasteiger partial charge on any atom is 0.243 e. The standard InChI is InChI=1S/C37H62N4O7S/c1-27(2)22-33(37(45)38-32(25-30-14-10-7-11-15-30)35(43)34(42)23-28(3)4)39-36(44)31(24-29-12-8-6-9-13-29)26-49(46,47)40(5)16-17-41-18-20-48-21-19-41/h6,8-9,12-13,28,30-35,42-43H,1,7,10-11,14-26H2,2-5H3,(H,38,45)(H,39,44)/t31-,32+,33+,34+,35?/m1/s1. The SMILES string of the molecule is C=C(C)C[C@H](NC(=O)[C@H](Cc1ccccc1)CS(=O)(=O)N(C)CCN1CCOCC1)C(=O)N[C@@H](CC1CCCCC1)C(O)[C@@H](O)CC(C)C. The average Bonchev–Trinajstić information content (AvgIpc) is 3.06. The first-order chi connectivity index (χ1) is 23.2. The second kappa shape index (κ2) is 20.5. The summed E-state index contributed by atoms with van der Waals surface area (Å²) in [4.78, 5) is 30.1. The first-order valence-corrected chi connectivity index (χ1v) is 19.7. The molecule has 12 heteroatoms. The summed E-state index contributed by atoms with van der Waals surface area (Å²) in [6.07, 6.45) is 4.42. The van der Waals surface area contributed by atoms with Crippen molar-refractivity contribution in [3.63, 3.8) is 0 Å². The number of hydrogen-bond acceptors (Lipinski definition) is 8. The van der Waals surface area contributed by atoms with Crippen molar-refractivity contribution in [3.05, 3.63) is 48.0 Å². The van der Waals surface area contributed by atoms with E-state index < -0.39 is 57.8 Å². The predicted octanol–water partition coefficient (Wildman–Crippen LogP) is 3.11. The van der Waals surface area contributed by atoms with E-state index in [4.69, 9.17) is 4.74 Å². The number of nitrogens with zero attached hydrogens (tertiary/aromatic N) is 2. The summed E-state index contributed by atoms with van der Waals surface area (Å²) in [5.41, 5.74) is 1.48. The molecule has 1 unspecified atom stereocenters. The van der Waals surface area contributed by atoms with Crippen LogP contribution in [0.15, 0.2) is 42.5 Å². The van der Waals surface area contributed by atoms with Crippen molar-refractivity contribution in [2.75, 3.05) is 52.2 Å². The molecule has 1 aliphatic heterocycles. The third-order valence-corrected chi connectivity index (χ3v) is 11.7. The van der Waals surface area contributed by atoms with Crippen molar-refractivity contribution < 1.29 is 33.0 Å². The maximum absolute atomic E-state index is 14.0.